The third-order valence-corrected chi connectivity index (χ3v) is 3.83. The zero-order valence-electron chi connectivity index (χ0n) is 10.9. The smallest absolute Gasteiger partial charge is 0.198 e. The van der Waals surface area contributed by atoms with Crippen molar-refractivity contribution in [3.63, 3.8) is 0 Å². The number of benzene rings is 1. The van der Waals surface area contributed by atoms with Crippen LogP contribution < -0.4 is 16.0 Å². The third kappa shape index (κ3) is 2.40. The van der Waals surface area contributed by atoms with E-state index in [0.29, 0.717) is 11.7 Å². The largest absolute Gasteiger partial charge is 0.378 e. The summed E-state index contributed by atoms with van der Waals surface area (Å²) in [5, 5.41) is 3.90. The molecule has 2 aliphatic rings. The maximum Gasteiger partial charge on any atom is 0.198 e. The number of thioether (sulfide) groups is 1. The van der Waals surface area contributed by atoms with Crippen molar-refractivity contribution in [3.8, 4) is 0 Å². The van der Waals surface area contributed by atoms with Gasteiger partial charge < -0.3 is 16.0 Å². The van der Waals surface area contributed by atoms with E-state index in [1.54, 1.807) is 11.8 Å². The third-order valence-electron chi connectivity index (χ3n) is 3.16. The lowest BCUT2D eigenvalue weighted by Crippen LogP contribution is -2.33. The van der Waals surface area contributed by atoms with Gasteiger partial charge in [-0.1, -0.05) is 18.7 Å². The molecular formula is C13H17N5S. The molecule has 5 nitrogen and oxygen atoms in total. The van der Waals surface area contributed by atoms with Gasteiger partial charge in [0, 0.05) is 18.8 Å². The summed E-state index contributed by atoms with van der Waals surface area (Å²) < 4.78 is 0. The highest BCUT2D eigenvalue weighted by atomic mass is 32.2. The Balaban J connectivity index is 1.89. The van der Waals surface area contributed by atoms with Crippen molar-refractivity contribution in [1.29, 1.82) is 0 Å². The van der Waals surface area contributed by atoms with Crippen molar-refractivity contribution in [2.24, 2.45) is 15.7 Å². The SMILES string of the molecule is CCSC(N)=Nc1ccc2c(c1)CN=C1NCCN12. The van der Waals surface area contributed by atoms with E-state index in [-0.39, 0.29) is 0 Å². The number of hydrogen-bond donors (Lipinski definition) is 2. The first-order valence-corrected chi connectivity index (χ1v) is 7.42. The van der Waals surface area contributed by atoms with Crippen LogP contribution in [-0.4, -0.2) is 30.0 Å². The van der Waals surface area contributed by atoms with Crippen molar-refractivity contribution in [1.82, 2.24) is 5.32 Å². The van der Waals surface area contributed by atoms with Gasteiger partial charge in [-0.3, -0.25) is 0 Å². The van der Waals surface area contributed by atoms with Gasteiger partial charge in [0.05, 0.1) is 12.2 Å². The number of rotatable bonds is 2. The average molecular weight is 275 g/mol. The number of nitrogens with zero attached hydrogens (tertiary/aromatic N) is 3. The molecule has 0 radical (unpaired) electrons. The molecule has 6 heteroatoms. The summed E-state index contributed by atoms with van der Waals surface area (Å²) in [6, 6.07) is 6.21. The normalized spacial score (nSPS) is 17.6. The van der Waals surface area contributed by atoms with Crippen LogP contribution in [0.1, 0.15) is 12.5 Å². The minimum atomic E-state index is 0.616. The molecule has 2 aliphatic heterocycles. The lowest BCUT2D eigenvalue weighted by molar-refractivity contribution is 0.971. The lowest BCUT2D eigenvalue weighted by atomic mass is 10.1. The van der Waals surface area contributed by atoms with Gasteiger partial charge in [0.25, 0.3) is 0 Å². The predicted octanol–water partition coefficient (Wildman–Crippen LogP) is 1.67. The van der Waals surface area contributed by atoms with E-state index >= 15 is 0 Å². The number of fused-ring (bicyclic) bond motifs is 3. The number of nitrogens with one attached hydrogen (secondary N) is 1. The molecule has 1 saturated heterocycles. The highest BCUT2D eigenvalue weighted by molar-refractivity contribution is 8.13. The minimum absolute atomic E-state index is 0.616. The molecule has 0 spiro atoms. The molecule has 19 heavy (non-hydrogen) atoms. The van der Waals surface area contributed by atoms with Crippen LogP contribution >= 0.6 is 11.8 Å². The molecule has 0 atom stereocenters. The Morgan fingerprint density at radius 1 is 1.58 bits per heavy atom. The molecule has 3 N–H and O–H groups in total. The summed E-state index contributed by atoms with van der Waals surface area (Å²) >= 11 is 1.56. The first-order chi connectivity index (χ1) is 9.28. The van der Waals surface area contributed by atoms with Crippen LogP contribution in [0.4, 0.5) is 11.4 Å². The standard InChI is InChI=1S/C13H17N5S/c1-2-19-12(14)17-10-3-4-11-9(7-10)8-16-13-15-5-6-18(11)13/h3-4,7H,2,5-6,8H2,1H3,(H2,14,17)(H,15,16). The second-order valence-corrected chi connectivity index (χ2v) is 5.70. The maximum absolute atomic E-state index is 5.84. The van der Waals surface area contributed by atoms with Crippen LogP contribution in [0.3, 0.4) is 0 Å². The van der Waals surface area contributed by atoms with E-state index in [1.807, 2.05) is 6.07 Å². The van der Waals surface area contributed by atoms with Crippen LogP contribution in [0.15, 0.2) is 28.2 Å². The van der Waals surface area contributed by atoms with Crippen molar-refractivity contribution in [2.75, 3.05) is 23.7 Å². The summed E-state index contributed by atoms with van der Waals surface area (Å²) in [5.74, 6) is 1.93. The summed E-state index contributed by atoms with van der Waals surface area (Å²) in [5.41, 5.74) is 9.19. The Kier molecular flexibility index (Phi) is 3.33. The molecular weight excluding hydrogens is 258 g/mol. The Morgan fingerprint density at radius 2 is 2.47 bits per heavy atom. The second kappa shape index (κ2) is 5.13. The van der Waals surface area contributed by atoms with Crippen molar-refractivity contribution >= 4 is 34.3 Å². The van der Waals surface area contributed by atoms with Gasteiger partial charge in [0.1, 0.15) is 0 Å². The predicted molar refractivity (Wildman–Crippen MR) is 82.3 cm³/mol. The van der Waals surface area contributed by atoms with Crippen molar-refractivity contribution in [3.05, 3.63) is 23.8 Å². The van der Waals surface area contributed by atoms with Crippen LogP contribution in [0, 0.1) is 0 Å². The molecule has 1 aromatic rings. The summed E-state index contributed by atoms with van der Waals surface area (Å²) in [6.45, 7) is 4.70. The first-order valence-electron chi connectivity index (χ1n) is 6.43. The van der Waals surface area contributed by atoms with E-state index in [1.165, 1.54) is 11.3 Å². The zero-order valence-corrected chi connectivity index (χ0v) is 11.7. The van der Waals surface area contributed by atoms with Gasteiger partial charge in [-0.15, -0.1) is 0 Å². The van der Waals surface area contributed by atoms with Gasteiger partial charge in [-0.2, -0.15) is 0 Å². The molecule has 3 rings (SSSR count). The molecule has 1 fully saturated rings. The summed E-state index contributed by atoms with van der Waals surface area (Å²) in [7, 11) is 0. The van der Waals surface area contributed by atoms with Crippen LogP contribution in [0.25, 0.3) is 0 Å². The van der Waals surface area contributed by atoms with Gasteiger partial charge >= 0.3 is 0 Å². The van der Waals surface area contributed by atoms with Crippen LogP contribution in [-0.2, 0) is 6.54 Å². The Morgan fingerprint density at radius 3 is 3.32 bits per heavy atom. The number of anilines is 1. The van der Waals surface area contributed by atoms with Gasteiger partial charge in [0.2, 0.25) is 0 Å². The highest BCUT2D eigenvalue weighted by Crippen LogP contribution is 2.30. The Labute approximate surface area is 117 Å². The molecule has 0 aromatic heterocycles. The molecule has 2 heterocycles. The first kappa shape index (κ1) is 12.3. The Bertz CT molecular complexity index is 552. The van der Waals surface area contributed by atoms with Crippen LogP contribution in [0.5, 0.6) is 0 Å². The summed E-state index contributed by atoms with van der Waals surface area (Å²) in [6.07, 6.45) is 0. The molecule has 0 saturated carbocycles. The van der Waals surface area contributed by atoms with Gasteiger partial charge in [-0.25, -0.2) is 9.98 Å². The zero-order chi connectivity index (χ0) is 13.2. The number of nitrogens with two attached hydrogens (primary N) is 1. The molecule has 0 aliphatic carbocycles. The second-order valence-electron chi connectivity index (χ2n) is 4.41. The fourth-order valence-corrected chi connectivity index (χ4v) is 2.82. The monoisotopic (exact) mass is 275 g/mol. The number of amidine groups is 1. The Hall–Kier alpha value is -1.69. The van der Waals surface area contributed by atoms with E-state index in [4.69, 9.17) is 5.73 Å². The summed E-state index contributed by atoms with van der Waals surface area (Å²) in [4.78, 5) is 11.2. The van der Waals surface area contributed by atoms with Crippen LogP contribution in [0.2, 0.25) is 0 Å². The van der Waals surface area contributed by atoms with E-state index in [0.717, 1.165) is 30.5 Å². The van der Waals surface area contributed by atoms with Gasteiger partial charge in [0.15, 0.2) is 11.1 Å². The topological polar surface area (TPSA) is 66.0 Å². The van der Waals surface area contributed by atoms with E-state index in [9.17, 15) is 0 Å². The molecule has 1 aromatic carbocycles. The number of guanidine groups is 1. The molecule has 0 bridgehead atoms. The average Bonchev–Trinajstić information content (AvgIpc) is 2.87. The van der Waals surface area contributed by atoms with E-state index in [2.05, 4.69) is 39.3 Å². The molecule has 0 amide bonds. The quantitative estimate of drug-likeness (QED) is 0.636. The molecule has 0 unspecified atom stereocenters. The maximum atomic E-state index is 5.84. The minimum Gasteiger partial charge on any atom is -0.378 e. The lowest BCUT2D eigenvalue weighted by Gasteiger charge is -2.24. The van der Waals surface area contributed by atoms with Crippen molar-refractivity contribution in [2.45, 2.75) is 13.5 Å². The number of hydrogen-bond acceptors (Lipinski definition) is 5. The van der Waals surface area contributed by atoms with E-state index < -0.39 is 0 Å². The highest BCUT2D eigenvalue weighted by Gasteiger charge is 2.25. The van der Waals surface area contributed by atoms with Gasteiger partial charge in [-0.05, 0) is 29.5 Å². The molecule has 100 valence electrons. The van der Waals surface area contributed by atoms with Crippen molar-refractivity contribution < 1.29 is 0 Å². The fourth-order valence-electron chi connectivity index (χ4n) is 2.36. The fraction of sp³-hybridized carbons (Fsp3) is 0.385. The number of aliphatic imine (C=N–C) groups is 2.